The molecule has 562 valence electrons. The zero-order valence-electron chi connectivity index (χ0n) is 65.2. The fourth-order valence-electron chi connectivity index (χ4n) is 18.3. The highest BCUT2D eigenvalue weighted by atomic mass is 32.1. The Balaban J connectivity index is 0.000000105. The zero-order chi connectivity index (χ0) is 79.1. The molecule has 6 heterocycles. The molecule has 0 amide bonds. The first-order valence-corrected chi connectivity index (χ1v) is 42.5. The van der Waals surface area contributed by atoms with E-state index in [1.807, 2.05) is 34.8 Å². The van der Waals surface area contributed by atoms with Crippen LogP contribution in [0, 0.1) is 0 Å². The van der Waals surface area contributed by atoms with Crippen LogP contribution < -0.4 is 0 Å². The van der Waals surface area contributed by atoms with Gasteiger partial charge in [0.1, 0.15) is 11.2 Å². The minimum Gasteiger partial charge on any atom is -0.455 e. The molecule has 0 saturated heterocycles. The van der Waals surface area contributed by atoms with Crippen molar-refractivity contribution in [1.29, 1.82) is 0 Å². The highest BCUT2D eigenvalue weighted by Crippen LogP contribution is 2.46. The number of hydrogen-bond acceptors (Lipinski definition) is 3. The van der Waals surface area contributed by atoms with Crippen LogP contribution in [0.5, 0.6) is 0 Å². The van der Waals surface area contributed by atoms with Gasteiger partial charge in [0, 0.05) is 106 Å². The van der Waals surface area contributed by atoms with Gasteiger partial charge in [-0.05, 0) is 200 Å². The monoisotopic (exact) mass is 1560 g/mol. The van der Waals surface area contributed by atoms with Crippen molar-refractivity contribution in [3.8, 4) is 95.0 Å². The molecule has 0 saturated carbocycles. The first-order valence-electron chi connectivity index (χ1n) is 40.9. The summed E-state index contributed by atoms with van der Waals surface area (Å²) in [5.74, 6) is 0. The minimum absolute atomic E-state index is 0.923. The molecule has 25 aromatic rings. The Hall–Kier alpha value is -15.2. The third-order valence-electron chi connectivity index (χ3n) is 24.0. The number of furan rings is 1. The van der Waals surface area contributed by atoms with E-state index in [9.17, 15) is 0 Å². The van der Waals surface area contributed by atoms with Crippen LogP contribution in [-0.2, 0) is 0 Å². The third kappa shape index (κ3) is 12.3. The van der Waals surface area contributed by atoms with Crippen molar-refractivity contribution in [3.05, 3.63) is 443 Å². The van der Waals surface area contributed by atoms with E-state index in [-0.39, 0.29) is 0 Å². The summed E-state index contributed by atoms with van der Waals surface area (Å²) in [6.45, 7) is 0. The molecule has 4 nitrogen and oxygen atoms in total. The first kappa shape index (κ1) is 70.2. The summed E-state index contributed by atoms with van der Waals surface area (Å²) >= 11 is 3.76. The number of fused-ring (bicyclic) bond motifs is 18. The molecule has 0 fully saturated rings. The van der Waals surface area contributed by atoms with E-state index in [0.29, 0.717) is 0 Å². The zero-order valence-corrected chi connectivity index (χ0v) is 66.8. The van der Waals surface area contributed by atoms with Gasteiger partial charge in [0.15, 0.2) is 0 Å². The van der Waals surface area contributed by atoms with E-state index in [2.05, 4.69) is 444 Å². The van der Waals surface area contributed by atoms with Crippen molar-refractivity contribution < 1.29 is 4.42 Å². The Morgan fingerprint density at radius 2 is 0.500 bits per heavy atom. The lowest BCUT2D eigenvalue weighted by Gasteiger charge is -2.14. The second-order valence-electron chi connectivity index (χ2n) is 30.9. The number of thiophene rings is 2. The predicted molar refractivity (Wildman–Crippen MR) is 513 cm³/mol. The fraction of sp³-hybridized carbons (Fsp3) is 0. The number of rotatable bonds is 10. The molecule has 0 aliphatic heterocycles. The fourth-order valence-corrected chi connectivity index (χ4v) is 20.6. The van der Waals surface area contributed by atoms with Crippen LogP contribution in [0.3, 0.4) is 0 Å². The molecule has 6 aromatic heterocycles. The van der Waals surface area contributed by atoms with E-state index < -0.39 is 0 Å². The Morgan fingerprint density at radius 3 is 1.02 bits per heavy atom. The van der Waals surface area contributed by atoms with Crippen molar-refractivity contribution in [1.82, 2.24) is 13.7 Å². The molecule has 120 heavy (non-hydrogen) atoms. The normalized spacial score (nSPS) is 11.7. The molecule has 0 spiro atoms. The van der Waals surface area contributed by atoms with Crippen LogP contribution in [0.1, 0.15) is 0 Å². The SMILES string of the molecule is c1ccc(-c2cc(-c3ccccc3)cc(-n3c4ccccc4c4cc(-c5ccc6sc7ccccc7c6c5)ccc43)c2)cc1.c1ccc(-c2ccc(-n3c4ccccc4c4cc(-c5cccc6c5oc5ccccc56)ccc43)cc2)cc1.c1ccc(-c2ccc(-n3c4ccccc4c4cc(-c5cccc6c5sc5ccccc56)ccc43)cc2)cc1. The Morgan fingerprint density at radius 1 is 0.167 bits per heavy atom. The summed E-state index contributed by atoms with van der Waals surface area (Å²) in [5, 5.41) is 15.2. The van der Waals surface area contributed by atoms with Gasteiger partial charge in [-0.1, -0.05) is 315 Å². The topological polar surface area (TPSA) is 27.9 Å². The standard InChI is InChI=1S/C42H27NS.C36H23NO.C36H23NS/c1-3-11-28(12-4-1)32-23-33(29-13-5-2-6-14-29)25-34(24-32)43-39-17-9-7-15-35(39)37-26-30(19-21-40(37)43)31-20-22-42-38(27-31)36-16-8-10-18-41(36)44-42;2*1-2-9-24(10-3-1)25-17-20-27(21-18-25)37-33-15-6-4-11-29(33)32-23-26(19-22-34(32)37)28-13-8-14-31-30-12-5-7-16-35(30)38-36(28)31/h1-27H;2*1-23H. The van der Waals surface area contributed by atoms with E-state index in [1.54, 1.807) is 0 Å². The molecule has 25 rings (SSSR count). The number of hydrogen-bond donors (Lipinski definition) is 0. The third-order valence-corrected chi connectivity index (χ3v) is 26.4. The number of nitrogens with zero attached hydrogens (tertiary/aromatic N) is 3. The maximum atomic E-state index is 6.35. The van der Waals surface area contributed by atoms with Gasteiger partial charge in [-0.15, -0.1) is 22.7 Å². The quantitative estimate of drug-likeness (QED) is 0.134. The van der Waals surface area contributed by atoms with Gasteiger partial charge in [0.05, 0.1) is 33.1 Å². The van der Waals surface area contributed by atoms with E-state index in [4.69, 9.17) is 4.42 Å². The predicted octanol–water partition coefficient (Wildman–Crippen LogP) is 32.7. The lowest BCUT2D eigenvalue weighted by Crippen LogP contribution is -1.96. The Bertz CT molecular complexity index is 7880. The number of aromatic nitrogens is 3. The summed E-state index contributed by atoms with van der Waals surface area (Å²) in [6.07, 6.45) is 0. The van der Waals surface area contributed by atoms with Crippen LogP contribution in [0.25, 0.3) is 223 Å². The summed E-state index contributed by atoms with van der Waals surface area (Å²) in [4.78, 5) is 0. The molecule has 0 aliphatic rings. The van der Waals surface area contributed by atoms with Gasteiger partial charge in [-0.3, -0.25) is 0 Å². The van der Waals surface area contributed by atoms with Gasteiger partial charge in [0.2, 0.25) is 0 Å². The van der Waals surface area contributed by atoms with Crippen LogP contribution in [-0.4, -0.2) is 13.7 Å². The molecular formula is C114H73N3OS2. The van der Waals surface area contributed by atoms with Crippen LogP contribution in [0.4, 0.5) is 0 Å². The van der Waals surface area contributed by atoms with Gasteiger partial charge in [0.25, 0.3) is 0 Å². The molecule has 6 heteroatoms. The van der Waals surface area contributed by atoms with Crippen LogP contribution >= 0.6 is 22.7 Å². The molecule has 0 N–H and O–H groups in total. The lowest BCUT2D eigenvalue weighted by molar-refractivity contribution is 0.670. The summed E-state index contributed by atoms with van der Waals surface area (Å²) in [5.41, 5.74) is 29.7. The van der Waals surface area contributed by atoms with E-state index in [0.717, 1.165) is 44.4 Å². The average molecular weight is 1560 g/mol. The smallest absolute Gasteiger partial charge is 0.143 e. The lowest BCUT2D eigenvalue weighted by atomic mass is 9.98. The van der Waals surface area contributed by atoms with Crippen molar-refractivity contribution >= 4 is 150 Å². The highest BCUT2D eigenvalue weighted by molar-refractivity contribution is 7.26. The Kier molecular flexibility index (Phi) is 17.3. The number of para-hydroxylation sites is 5. The minimum atomic E-state index is 0.923. The second-order valence-corrected chi connectivity index (χ2v) is 33.1. The molecule has 19 aromatic carbocycles. The number of benzene rings is 19. The summed E-state index contributed by atoms with van der Waals surface area (Å²) in [7, 11) is 0. The van der Waals surface area contributed by atoms with Crippen LogP contribution in [0.2, 0.25) is 0 Å². The van der Waals surface area contributed by atoms with Crippen molar-refractivity contribution in [2.24, 2.45) is 0 Å². The summed E-state index contributed by atoms with van der Waals surface area (Å²) in [6, 6.07) is 160. The second kappa shape index (κ2) is 29.5. The largest absolute Gasteiger partial charge is 0.455 e. The highest BCUT2D eigenvalue weighted by Gasteiger charge is 2.22. The van der Waals surface area contributed by atoms with Crippen molar-refractivity contribution in [2.45, 2.75) is 0 Å². The molecule has 0 atom stereocenters. The maximum Gasteiger partial charge on any atom is 0.143 e. The molecule has 0 radical (unpaired) electrons. The summed E-state index contributed by atoms with van der Waals surface area (Å²) < 4.78 is 18.9. The average Bonchev–Trinajstić information content (AvgIpc) is 1.59. The Labute approximate surface area is 701 Å². The van der Waals surface area contributed by atoms with Crippen molar-refractivity contribution in [3.63, 3.8) is 0 Å². The molecule has 0 bridgehead atoms. The first-order chi connectivity index (χ1) is 59.5. The van der Waals surface area contributed by atoms with Gasteiger partial charge < -0.3 is 18.1 Å². The van der Waals surface area contributed by atoms with Crippen molar-refractivity contribution in [2.75, 3.05) is 0 Å². The molecular weight excluding hydrogens is 1490 g/mol. The maximum absolute atomic E-state index is 6.35. The molecule has 0 aliphatic carbocycles. The van der Waals surface area contributed by atoms with Gasteiger partial charge in [-0.2, -0.15) is 0 Å². The van der Waals surface area contributed by atoms with Gasteiger partial charge >= 0.3 is 0 Å². The molecule has 0 unspecified atom stereocenters. The van der Waals surface area contributed by atoms with E-state index >= 15 is 0 Å². The van der Waals surface area contributed by atoms with Gasteiger partial charge in [-0.25, -0.2) is 0 Å². The van der Waals surface area contributed by atoms with E-state index in [1.165, 1.54) is 178 Å². The van der Waals surface area contributed by atoms with Crippen LogP contribution in [0.15, 0.2) is 447 Å².